The number of hydrogen-bond acceptors (Lipinski definition) is 3. The van der Waals surface area contributed by atoms with E-state index in [0.717, 1.165) is 18.4 Å². The Labute approximate surface area is 132 Å². The van der Waals surface area contributed by atoms with E-state index in [1.807, 2.05) is 57.2 Å². The van der Waals surface area contributed by atoms with Crippen molar-refractivity contribution in [3.8, 4) is 0 Å². The Bertz CT molecular complexity index is 584. The Morgan fingerprint density at radius 2 is 1.91 bits per heavy atom. The van der Waals surface area contributed by atoms with Gasteiger partial charge in [-0.1, -0.05) is 49.8 Å². The van der Waals surface area contributed by atoms with Crippen molar-refractivity contribution in [2.45, 2.75) is 51.7 Å². The minimum atomic E-state index is -1.43. The molecule has 0 saturated heterocycles. The number of rotatable bonds is 7. The van der Waals surface area contributed by atoms with Crippen molar-refractivity contribution >= 4 is 11.9 Å². The van der Waals surface area contributed by atoms with E-state index in [1.165, 1.54) is 0 Å². The highest BCUT2D eigenvalue weighted by Gasteiger charge is 2.53. The van der Waals surface area contributed by atoms with Gasteiger partial charge in [0.2, 0.25) is 5.78 Å². The maximum atomic E-state index is 12.4. The van der Waals surface area contributed by atoms with E-state index in [2.05, 4.69) is 0 Å². The first kappa shape index (κ1) is 16.5. The molecule has 0 spiro atoms. The lowest BCUT2D eigenvalue weighted by molar-refractivity contribution is -0.141. The third kappa shape index (κ3) is 3.30. The zero-order valence-electron chi connectivity index (χ0n) is 13.5. The normalized spacial score (nSPS) is 21.6. The summed E-state index contributed by atoms with van der Waals surface area (Å²) in [6.45, 7) is 5.83. The quantitative estimate of drug-likeness (QED) is 0.831. The number of carbonyl (C=O) groups excluding carboxylic acids is 1. The molecule has 0 fully saturated rings. The maximum Gasteiger partial charge on any atom is 0.205 e. The monoisotopic (exact) mass is 300 g/mol. The molecule has 1 aromatic carbocycles. The summed E-state index contributed by atoms with van der Waals surface area (Å²) in [6, 6.07) is 9.76. The summed E-state index contributed by atoms with van der Waals surface area (Å²) in [5.41, 5.74) is 0.0586. The Morgan fingerprint density at radius 1 is 1.23 bits per heavy atom. The zero-order chi connectivity index (χ0) is 16.2. The van der Waals surface area contributed by atoms with Crippen LogP contribution in [0.2, 0.25) is 0 Å². The molecule has 0 aliphatic heterocycles. The minimum Gasteiger partial charge on any atom is -0.491 e. The molecule has 1 aromatic rings. The number of hydrogen-bond donors (Lipinski definition) is 1. The first-order valence-electron chi connectivity index (χ1n) is 7.90. The van der Waals surface area contributed by atoms with E-state index < -0.39 is 5.60 Å². The molecule has 22 heavy (non-hydrogen) atoms. The second-order valence-electron chi connectivity index (χ2n) is 5.95. The molecule has 0 aromatic heterocycles. The lowest BCUT2D eigenvalue weighted by Gasteiger charge is -2.39. The lowest BCUT2D eigenvalue weighted by Crippen LogP contribution is -2.52. The highest BCUT2D eigenvalue weighted by Crippen LogP contribution is 2.41. The summed E-state index contributed by atoms with van der Waals surface area (Å²) in [7, 11) is 0. The third-order valence-corrected chi connectivity index (χ3v) is 3.73. The topological polar surface area (TPSA) is 46.5 Å². The highest BCUT2D eigenvalue weighted by atomic mass is 16.5. The number of unbranched alkanes of at least 4 members (excludes halogenated alkanes) is 1. The van der Waals surface area contributed by atoms with Crippen LogP contribution in [0.5, 0.6) is 0 Å². The van der Waals surface area contributed by atoms with Crippen LogP contribution in [-0.4, -0.2) is 22.6 Å². The molecule has 0 radical (unpaired) electrons. The van der Waals surface area contributed by atoms with Crippen LogP contribution < -0.4 is 0 Å². The molecule has 1 atom stereocenters. The van der Waals surface area contributed by atoms with Gasteiger partial charge in [0.15, 0.2) is 5.60 Å². The van der Waals surface area contributed by atoms with Crippen LogP contribution in [0.1, 0.15) is 45.6 Å². The largest absolute Gasteiger partial charge is 0.491 e. The van der Waals surface area contributed by atoms with Crippen LogP contribution >= 0.6 is 0 Å². The molecule has 0 heterocycles. The van der Waals surface area contributed by atoms with Crippen molar-refractivity contribution in [3.63, 3.8) is 0 Å². The standard InChI is InChI=1S/C19H24O3/c1-4-5-13-19(21)17(20)16(18(19)22-14(2)3)12-11-15-9-7-6-8-10-15/h6-12,14,21H,4-5,13H2,1-3H3/b12-11-. The Balaban J connectivity index is 2.27. The summed E-state index contributed by atoms with van der Waals surface area (Å²) >= 11 is 0. The fourth-order valence-corrected chi connectivity index (χ4v) is 2.54. The van der Waals surface area contributed by atoms with Crippen LogP contribution in [0.4, 0.5) is 0 Å². The molecule has 1 aliphatic carbocycles. The zero-order valence-corrected chi connectivity index (χ0v) is 13.5. The van der Waals surface area contributed by atoms with Crippen molar-refractivity contribution < 1.29 is 14.6 Å². The van der Waals surface area contributed by atoms with E-state index >= 15 is 0 Å². The molecule has 3 nitrogen and oxygen atoms in total. The number of ketones is 1. The average molecular weight is 300 g/mol. The summed E-state index contributed by atoms with van der Waals surface area (Å²) in [4.78, 5) is 12.4. The number of allylic oxidation sites excluding steroid dienone is 1. The van der Waals surface area contributed by atoms with Crippen LogP contribution in [-0.2, 0) is 9.53 Å². The Kier molecular flexibility index (Phi) is 5.19. The molecule has 3 heteroatoms. The van der Waals surface area contributed by atoms with Crippen LogP contribution in [0, 0.1) is 0 Å². The Morgan fingerprint density at radius 3 is 2.50 bits per heavy atom. The number of ether oxygens (including phenoxy) is 1. The predicted molar refractivity (Wildman–Crippen MR) is 88.2 cm³/mol. The van der Waals surface area contributed by atoms with Gasteiger partial charge in [-0.3, -0.25) is 4.79 Å². The van der Waals surface area contributed by atoms with Gasteiger partial charge in [-0.25, -0.2) is 0 Å². The van der Waals surface area contributed by atoms with E-state index in [0.29, 0.717) is 17.8 Å². The first-order valence-corrected chi connectivity index (χ1v) is 7.90. The SMILES string of the molecule is CCCCC1(O)C(=O)C(/C=C\c2ccccc2)=C1OC(C)C. The van der Waals surface area contributed by atoms with E-state index in [9.17, 15) is 9.90 Å². The van der Waals surface area contributed by atoms with Crippen molar-refractivity contribution in [1.29, 1.82) is 0 Å². The van der Waals surface area contributed by atoms with Crippen LogP contribution in [0.15, 0.2) is 47.7 Å². The molecule has 1 unspecified atom stereocenters. The fourth-order valence-electron chi connectivity index (χ4n) is 2.54. The van der Waals surface area contributed by atoms with Crippen molar-refractivity contribution in [1.82, 2.24) is 0 Å². The molecule has 0 amide bonds. The predicted octanol–water partition coefficient (Wildman–Crippen LogP) is 3.88. The van der Waals surface area contributed by atoms with Gasteiger partial charge in [-0.2, -0.15) is 0 Å². The molecule has 1 N–H and O–H groups in total. The van der Waals surface area contributed by atoms with Gasteiger partial charge in [0.05, 0.1) is 11.7 Å². The molecule has 1 aliphatic rings. The molecular weight excluding hydrogens is 276 g/mol. The van der Waals surface area contributed by atoms with Gasteiger partial charge >= 0.3 is 0 Å². The van der Waals surface area contributed by atoms with E-state index in [4.69, 9.17) is 4.74 Å². The van der Waals surface area contributed by atoms with E-state index in [1.54, 1.807) is 6.08 Å². The second kappa shape index (κ2) is 6.93. The van der Waals surface area contributed by atoms with E-state index in [-0.39, 0.29) is 11.9 Å². The van der Waals surface area contributed by atoms with Gasteiger partial charge in [0.25, 0.3) is 0 Å². The molecule has 118 valence electrons. The van der Waals surface area contributed by atoms with Gasteiger partial charge < -0.3 is 9.84 Å². The van der Waals surface area contributed by atoms with Gasteiger partial charge in [0.1, 0.15) is 5.76 Å². The minimum absolute atomic E-state index is 0.0728. The lowest BCUT2D eigenvalue weighted by atomic mass is 9.74. The number of aliphatic hydroxyl groups is 1. The second-order valence-corrected chi connectivity index (χ2v) is 5.95. The maximum absolute atomic E-state index is 12.4. The summed E-state index contributed by atoms with van der Waals surface area (Å²) < 4.78 is 5.73. The van der Waals surface area contributed by atoms with Gasteiger partial charge in [-0.15, -0.1) is 0 Å². The summed E-state index contributed by atoms with van der Waals surface area (Å²) in [5, 5.41) is 10.6. The van der Waals surface area contributed by atoms with Gasteiger partial charge in [-0.05, 0) is 38.3 Å². The summed E-state index contributed by atoms with van der Waals surface area (Å²) in [6.07, 6.45) is 5.69. The smallest absolute Gasteiger partial charge is 0.205 e. The molecule has 0 bridgehead atoms. The fraction of sp³-hybridized carbons (Fsp3) is 0.421. The molecule has 0 saturated carbocycles. The average Bonchev–Trinajstić information content (AvgIpc) is 2.52. The number of benzene rings is 1. The van der Waals surface area contributed by atoms with Crippen molar-refractivity contribution in [3.05, 3.63) is 53.3 Å². The van der Waals surface area contributed by atoms with Crippen molar-refractivity contribution in [2.24, 2.45) is 0 Å². The third-order valence-electron chi connectivity index (χ3n) is 3.73. The van der Waals surface area contributed by atoms with Crippen LogP contribution in [0.3, 0.4) is 0 Å². The van der Waals surface area contributed by atoms with Gasteiger partial charge in [0, 0.05) is 0 Å². The number of carbonyl (C=O) groups is 1. The number of Topliss-reactive ketones (excluding diaryl/α,β-unsaturated/α-hetero) is 1. The Hall–Kier alpha value is -1.87. The van der Waals surface area contributed by atoms with Crippen LogP contribution in [0.25, 0.3) is 6.08 Å². The summed E-state index contributed by atoms with van der Waals surface area (Å²) in [5.74, 6) is 0.192. The first-order chi connectivity index (χ1) is 10.5. The molecular formula is C19H24O3. The van der Waals surface area contributed by atoms with Crippen molar-refractivity contribution in [2.75, 3.05) is 0 Å². The highest BCUT2D eigenvalue weighted by molar-refractivity contribution is 6.14. The molecule has 2 rings (SSSR count).